The molecule has 0 radical (unpaired) electrons. The highest BCUT2D eigenvalue weighted by Gasteiger charge is 2.21. The van der Waals surface area contributed by atoms with Crippen molar-refractivity contribution in [3.05, 3.63) is 33.5 Å². The van der Waals surface area contributed by atoms with Gasteiger partial charge in [-0.2, -0.15) is 0 Å². The first-order valence-electron chi connectivity index (χ1n) is 5.66. The van der Waals surface area contributed by atoms with Gasteiger partial charge in [-0.05, 0) is 28.4 Å². The summed E-state index contributed by atoms with van der Waals surface area (Å²) in [4.78, 5) is 1.38. The van der Waals surface area contributed by atoms with Crippen molar-refractivity contribution in [2.75, 3.05) is 26.8 Å². The van der Waals surface area contributed by atoms with Gasteiger partial charge >= 0.3 is 0 Å². The zero-order chi connectivity index (χ0) is 12.7. The Morgan fingerprint density at radius 2 is 2.41 bits per heavy atom. The molecule has 0 amide bonds. The fourth-order valence-electron chi connectivity index (χ4n) is 1.60. The molecule has 0 aliphatic carbocycles. The number of hydrogen-bond acceptors (Lipinski definition) is 3. The lowest BCUT2D eigenvalue weighted by Crippen LogP contribution is -2.33. The van der Waals surface area contributed by atoms with Crippen LogP contribution in [0, 0.1) is 5.41 Å². The molecule has 1 rings (SSSR count). The van der Waals surface area contributed by atoms with Crippen LogP contribution in [0.2, 0.25) is 0 Å². The molecular formula is C13H20BrNOS. The number of halogens is 1. The van der Waals surface area contributed by atoms with Gasteiger partial charge in [0.05, 0.1) is 6.61 Å². The van der Waals surface area contributed by atoms with E-state index in [2.05, 4.69) is 46.2 Å². The molecule has 17 heavy (non-hydrogen) atoms. The van der Waals surface area contributed by atoms with E-state index < -0.39 is 0 Å². The van der Waals surface area contributed by atoms with Gasteiger partial charge in [-0.3, -0.25) is 0 Å². The van der Waals surface area contributed by atoms with E-state index >= 15 is 0 Å². The molecule has 1 N–H and O–H groups in total. The van der Waals surface area contributed by atoms with Crippen molar-refractivity contribution < 1.29 is 4.74 Å². The fourth-order valence-corrected chi connectivity index (χ4v) is 3.25. The van der Waals surface area contributed by atoms with Crippen molar-refractivity contribution in [1.29, 1.82) is 0 Å². The second kappa shape index (κ2) is 7.31. The van der Waals surface area contributed by atoms with Gasteiger partial charge in [0.2, 0.25) is 0 Å². The van der Waals surface area contributed by atoms with Gasteiger partial charge in [0.1, 0.15) is 0 Å². The first-order chi connectivity index (χ1) is 8.09. The van der Waals surface area contributed by atoms with E-state index in [-0.39, 0.29) is 5.41 Å². The number of hydrogen-bond donors (Lipinski definition) is 1. The van der Waals surface area contributed by atoms with Gasteiger partial charge in [0.25, 0.3) is 0 Å². The third kappa shape index (κ3) is 5.34. The largest absolute Gasteiger partial charge is 0.383 e. The molecule has 0 spiro atoms. The van der Waals surface area contributed by atoms with Crippen molar-refractivity contribution in [2.45, 2.75) is 13.3 Å². The molecule has 96 valence electrons. The normalized spacial score (nSPS) is 14.5. The predicted octanol–water partition coefficient (Wildman–Crippen LogP) is 3.48. The molecule has 0 saturated carbocycles. The standard InChI is InChI=1S/C13H20BrNOS/c1-4-13(2,10-15-5-6-16-3)8-12-7-11(14)9-17-12/h4,7,9,15H,1,5-6,8,10H2,2-3H3. The Morgan fingerprint density at radius 1 is 1.65 bits per heavy atom. The highest BCUT2D eigenvalue weighted by atomic mass is 79.9. The number of ether oxygens (including phenoxy) is 1. The van der Waals surface area contributed by atoms with Crippen LogP contribution < -0.4 is 5.32 Å². The van der Waals surface area contributed by atoms with E-state index in [1.54, 1.807) is 18.4 Å². The molecule has 4 heteroatoms. The molecule has 1 heterocycles. The second-order valence-electron chi connectivity index (χ2n) is 4.44. The van der Waals surface area contributed by atoms with E-state index in [1.807, 2.05) is 6.08 Å². The van der Waals surface area contributed by atoms with Crippen molar-refractivity contribution >= 4 is 27.3 Å². The minimum absolute atomic E-state index is 0.0953. The maximum atomic E-state index is 5.02. The Morgan fingerprint density at radius 3 is 2.94 bits per heavy atom. The summed E-state index contributed by atoms with van der Waals surface area (Å²) >= 11 is 5.28. The van der Waals surface area contributed by atoms with Crippen LogP contribution in [0.5, 0.6) is 0 Å². The third-order valence-electron chi connectivity index (χ3n) is 2.70. The lowest BCUT2D eigenvalue weighted by Gasteiger charge is -2.25. The summed E-state index contributed by atoms with van der Waals surface area (Å²) < 4.78 is 6.18. The zero-order valence-corrected chi connectivity index (χ0v) is 12.9. The number of methoxy groups -OCH3 is 1. The van der Waals surface area contributed by atoms with Gasteiger partial charge in [-0.1, -0.05) is 13.0 Å². The van der Waals surface area contributed by atoms with E-state index in [0.717, 1.165) is 30.6 Å². The van der Waals surface area contributed by atoms with Crippen LogP contribution in [-0.2, 0) is 11.2 Å². The molecular weight excluding hydrogens is 298 g/mol. The van der Waals surface area contributed by atoms with E-state index in [1.165, 1.54) is 4.88 Å². The summed E-state index contributed by atoms with van der Waals surface area (Å²) in [6, 6.07) is 2.18. The monoisotopic (exact) mass is 317 g/mol. The first kappa shape index (κ1) is 14.9. The SMILES string of the molecule is C=CC(C)(CNCCOC)Cc1cc(Br)cs1. The Kier molecular flexibility index (Phi) is 6.41. The van der Waals surface area contributed by atoms with E-state index in [4.69, 9.17) is 4.74 Å². The van der Waals surface area contributed by atoms with Crippen molar-refractivity contribution in [3.63, 3.8) is 0 Å². The van der Waals surface area contributed by atoms with Crippen molar-refractivity contribution in [1.82, 2.24) is 5.32 Å². The molecule has 2 nitrogen and oxygen atoms in total. The Balaban J connectivity index is 2.47. The minimum Gasteiger partial charge on any atom is -0.383 e. The van der Waals surface area contributed by atoms with Crippen molar-refractivity contribution in [2.24, 2.45) is 5.41 Å². The van der Waals surface area contributed by atoms with Gasteiger partial charge in [0, 0.05) is 40.3 Å². The summed E-state index contributed by atoms with van der Waals surface area (Å²) in [5.74, 6) is 0. The molecule has 0 saturated heterocycles. The summed E-state index contributed by atoms with van der Waals surface area (Å²) in [5, 5.41) is 5.52. The summed E-state index contributed by atoms with van der Waals surface area (Å²) in [5.41, 5.74) is 0.0953. The van der Waals surface area contributed by atoms with Crippen LogP contribution >= 0.6 is 27.3 Å². The lowest BCUT2D eigenvalue weighted by atomic mass is 9.86. The maximum Gasteiger partial charge on any atom is 0.0587 e. The molecule has 1 atom stereocenters. The number of thiophene rings is 1. The van der Waals surface area contributed by atoms with Crippen LogP contribution in [-0.4, -0.2) is 26.8 Å². The van der Waals surface area contributed by atoms with E-state index in [0.29, 0.717) is 0 Å². The molecule has 0 aliphatic heterocycles. The van der Waals surface area contributed by atoms with Crippen LogP contribution in [0.3, 0.4) is 0 Å². The molecule has 0 aliphatic rings. The summed E-state index contributed by atoms with van der Waals surface area (Å²) in [7, 11) is 1.72. The Labute approximate surface area is 116 Å². The lowest BCUT2D eigenvalue weighted by molar-refractivity contribution is 0.196. The second-order valence-corrected chi connectivity index (χ2v) is 6.35. The van der Waals surface area contributed by atoms with Crippen LogP contribution in [0.25, 0.3) is 0 Å². The average Bonchev–Trinajstić information content (AvgIpc) is 2.70. The Bertz CT molecular complexity index is 353. The Hall–Kier alpha value is -0.160. The molecule has 1 aromatic rings. The average molecular weight is 318 g/mol. The maximum absolute atomic E-state index is 5.02. The quantitative estimate of drug-likeness (QED) is 0.585. The predicted molar refractivity (Wildman–Crippen MR) is 78.8 cm³/mol. The first-order valence-corrected chi connectivity index (χ1v) is 7.33. The number of rotatable bonds is 8. The third-order valence-corrected chi connectivity index (χ3v) is 4.40. The fraction of sp³-hybridized carbons (Fsp3) is 0.538. The van der Waals surface area contributed by atoms with Gasteiger partial charge in [-0.15, -0.1) is 17.9 Å². The highest BCUT2D eigenvalue weighted by Crippen LogP contribution is 2.28. The summed E-state index contributed by atoms with van der Waals surface area (Å²) in [6.07, 6.45) is 3.06. The summed E-state index contributed by atoms with van der Waals surface area (Å²) in [6.45, 7) is 8.74. The molecule has 1 aromatic heterocycles. The topological polar surface area (TPSA) is 21.3 Å². The van der Waals surface area contributed by atoms with Crippen molar-refractivity contribution in [3.8, 4) is 0 Å². The van der Waals surface area contributed by atoms with Gasteiger partial charge < -0.3 is 10.1 Å². The van der Waals surface area contributed by atoms with Crippen LogP contribution in [0.1, 0.15) is 11.8 Å². The molecule has 0 bridgehead atoms. The number of nitrogens with one attached hydrogen (secondary N) is 1. The molecule has 0 aromatic carbocycles. The smallest absolute Gasteiger partial charge is 0.0587 e. The highest BCUT2D eigenvalue weighted by molar-refractivity contribution is 9.10. The van der Waals surface area contributed by atoms with E-state index in [9.17, 15) is 0 Å². The zero-order valence-electron chi connectivity index (χ0n) is 10.5. The molecule has 1 unspecified atom stereocenters. The van der Waals surface area contributed by atoms with Gasteiger partial charge in [0.15, 0.2) is 0 Å². The van der Waals surface area contributed by atoms with Crippen LogP contribution in [0.15, 0.2) is 28.6 Å². The molecule has 0 fully saturated rings. The van der Waals surface area contributed by atoms with Crippen LogP contribution in [0.4, 0.5) is 0 Å². The minimum atomic E-state index is 0.0953. The van der Waals surface area contributed by atoms with Gasteiger partial charge in [-0.25, -0.2) is 0 Å².